The van der Waals surface area contributed by atoms with E-state index < -0.39 is 5.60 Å². The van der Waals surface area contributed by atoms with Crippen molar-refractivity contribution in [2.24, 2.45) is 0 Å². The molecule has 0 aliphatic carbocycles. The lowest BCUT2D eigenvalue weighted by Crippen LogP contribution is -2.32. The van der Waals surface area contributed by atoms with Crippen LogP contribution in [0.25, 0.3) is 11.3 Å². The van der Waals surface area contributed by atoms with Crippen molar-refractivity contribution < 1.29 is 4.74 Å². The Hall–Kier alpha value is -1.46. The highest BCUT2D eigenvalue weighted by Crippen LogP contribution is 2.32. The van der Waals surface area contributed by atoms with E-state index in [-0.39, 0.29) is 5.56 Å². The number of benzene rings is 1. The Labute approximate surface area is 132 Å². The number of hydrogen-bond acceptors (Lipinski definition) is 3. The molecule has 0 aliphatic heterocycles. The van der Waals surface area contributed by atoms with Gasteiger partial charge in [0.2, 0.25) is 0 Å². The Morgan fingerprint density at radius 2 is 1.86 bits per heavy atom. The fourth-order valence-electron chi connectivity index (χ4n) is 2.43. The first-order valence-corrected chi connectivity index (χ1v) is 7.78. The molecule has 1 aromatic carbocycles. The smallest absolute Gasteiger partial charge is 0.265 e. The summed E-state index contributed by atoms with van der Waals surface area (Å²) in [5.41, 5.74) is 0.775. The van der Waals surface area contributed by atoms with Gasteiger partial charge in [0.15, 0.2) is 0 Å². The van der Waals surface area contributed by atoms with E-state index in [4.69, 9.17) is 4.74 Å². The third-order valence-electron chi connectivity index (χ3n) is 3.87. The number of methoxy groups -OCH3 is 1. The van der Waals surface area contributed by atoms with E-state index >= 15 is 0 Å². The molecule has 0 unspecified atom stereocenters. The second kappa shape index (κ2) is 6.54. The average Bonchev–Trinajstić information content (AvgIpc) is 2.53. The second-order valence-electron chi connectivity index (χ2n) is 4.85. The first-order valence-electron chi connectivity index (χ1n) is 6.98. The molecule has 0 aliphatic rings. The van der Waals surface area contributed by atoms with Gasteiger partial charge in [0.25, 0.3) is 5.56 Å². The van der Waals surface area contributed by atoms with Crippen LogP contribution >= 0.6 is 15.9 Å². The molecule has 2 rings (SSSR count). The molecule has 5 heteroatoms. The van der Waals surface area contributed by atoms with Gasteiger partial charge in [0.1, 0.15) is 15.9 Å². The lowest BCUT2D eigenvalue weighted by atomic mass is 9.95. The minimum atomic E-state index is -0.566. The molecule has 0 saturated heterocycles. The maximum Gasteiger partial charge on any atom is 0.265 e. The summed E-state index contributed by atoms with van der Waals surface area (Å²) < 4.78 is 6.10. The summed E-state index contributed by atoms with van der Waals surface area (Å²) in [7, 11) is 1.65. The van der Waals surface area contributed by atoms with E-state index in [0.717, 1.165) is 18.4 Å². The molecule has 0 atom stereocenters. The van der Waals surface area contributed by atoms with Gasteiger partial charge in [-0.15, -0.1) is 0 Å². The van der Waals surface area contributed by atoms with Crippen LogP contribution < -0.4 is 5.56 Å². The molecule has 0 fully saturated rings. The van der Waals surface area contributed by atoms with Crippen LogP contribution in [-0.2, 0) is 10.3 Å². The van der Waals surface area contributed by atoms with Gasteiger partial charge in [0, 0.05) is 12.7 Å². The number of nitrogens with one attached hydrogen (secondary N) is 1. The van der Waals surface area contributed by atoms with E-state index in [1.165, 1.54) is 0 Å². The van der Waals surface area contributed by atoms with Gasteiger partial charge in [0.05, 0.1) is 5.69 Å². The van der Waals surface area contributed by atoms with Gasteiger partial charge in [-0.3, -0.25) is 4.79 Å². The molecule has 0 radical (unpaired) electrons. The van der Waals surface area contributed by atoms with E-state index in [9.17, 15) is 4.79 Å². The minimum absolute atomic E-state index is 0.192. The Morgan fingerprint density at radius 3 is 2.38 bits per heavy atom. The predicted molar refractivity (Wildman–Crippen MR) is 87.3 cm³/mol. The zero-order valence-electron chi connectivity index (χ0n) is 12.4. The highest BCUT2D eigenvalue weighted by Gasteiger charge is 2.32. The van der Waals surface area contributed by atoms with Gasteiger partial charge < -0.3 is 9.72 Å². The maximum atomic E-state index is 12.2. The molecular weight excluding hydrogens is 332 g/mol. The van der Waals surface area contributed by atoms with E-state index in [1.54, 1.807) is 7.11 Å². The van der Waals surface area contributed by atoms with Crippen molar-refractivity contribution in [3.8, 4) is 11.3 Å². The zero-order chi connectivity index (χ0) is 15.5. The van der Waals surface area contributed by atoms with Gasteiger partial charge >= 0.3 is 0 Å². The third kappa shape index (κ3) is 2.94. The van der Waals surface area contributed by atoms with Crippen molar-refractivity contribution in [3.63, 3.8) is 0 Å². The highest BCUT2D eigenvalue weighted by molar-refractivity contribution is 9.10. The van der Waals surface area contributed by atoms with Gasteiger partial charge in [-0.1, -0.05) is 44.2 Å². The van der Waals surface area contributed by atoms with Crippen molar-refractivity contribution in [3.05, 3.63) is 51.0 Å². The number of H-pyrrole nitrogens is 1. The summed E-state index contributed by atoms with van der Waals surface area (Å²) in [5, 5.41) is 0. The molecule has 1 N–H and O–H groups in total. The summed E-state index contributed by atoms with van der Waals surface area (Å²) in [5.74, 6) is 0.571. The number of rotatable bonds is 5. The molecule has 0 saturated carbocycles. The lowest BCUT2D eigenvalue weighted by molar-refractivity contribution is -0.0292. The largest absolute Gasteiger partial charge is 0.370 e. The highest BCUT2D eigenvalue weighted by atomic mass is 79.9. The van der Waals surface area contributed by atoms with Crippen LogP contribution in [0.5, 0.6) is 0 Å². The monoisotopic (exact) mass is 350 g/mol. The van der Waals surface area contributed by atoms with Crippen LogP contribution in [0.3, 0.4) is 0 Å². The average molecular weight is 351 g/mol. The van der Waals surface area contributed by atoms with Crippen molar-refractivity contribution >= 4 is 15.9 Å². The number of aromatic amines is 1. The normalized spacial score (nSPS) is 11.6. The number of aromatic nitrogens is 2. The van der Waals surface area contributed by atoms with Gasteiger partial charge in [-0.05, 0) is 28.8 Å². The maximum absolute atomic E-state index is 12.2. The number of halogens is 1. The zero-order valence-corrected chi connectivity index (χ0v) is 14.0. The van der Waals surface area contributed by atoms with Gasteiger partial charge in [-0.2, -0.15) is 0 Å². The van der Waals surface area contributed by atoms with Crippen LogP contribution in [0.1, 0.15) is 32.5 Å². The number of hydrogen-bond donors (Lipinski definition) is 1. The van der Waals surface area contributed by atoms with Crippen LogP contribution in [-0.4, -0.2) is 17.1 Å². The second-order valence-corrected chi connectivity index (χ2v) is 5.64. The van der Waals surface area contributed by atoms with Crippen molar-refractivity contribution in [1.29, 1.82) is 0 Å². The third-order valence-corrected chi connectivity index (χ3v) is 4.61. The van der Waals surface area contributed by atoms with Crippen molar-refractivity contribution in [1.82, 2.24) is 9.97 Å². The summed E-state index contributed by atoms with van der Waals surface area (Å²) in [6, 6.07) is 9.65. The Morgan fingerprint density at radius 1 is 1.24 bits per heavy atom. The SMILES string of the molecule is CCC(CC)(OC)c1nc(-c2ccccc2)c(Br)c(=O)[nH]1. The van der Waals surface area contributed by atoms with Crippen LogP contribution in [0.4, 0.5) is 0 Å². The minimum Gasteiger partial charge on any atom is -0.370 e. The molecule has 4 nitrogen and oxygen atoms in total. The quantitative estimate of drug-likeness (QED) is 0.890. The standard InChI is InChI=1S/C16H19BrN2O2/c1-4-16(5-2,21-3)15-18-13(12(17)14(20)19-15)11-9-7-6-8-10-11/h6-10H,4-5H2,1-3H3,(H,18,19,20). The Kier molecular flexibility index (Phi) is 4.96. The summed E-state index contributed by atoms with van der Waals surface area (Å²) in [6.07, 6.45) is 1.47. The molecule has 1 aromatic heterocycles. The first-order chi connectivity index (χ1) is 10.1. The molecule has 0 spiro atoms. The van der Waals surface area contributed by atoms with Crippen LogP contribution in [0, 0.1) is 0 Å². The van der Waals surface area contributed by atoms with Crippen molar-refractivity contribution in [2.75, 3.05) is 7.11 Å². The molecule has 112 valence electrons. The molecule has 1 heterocycles. The number of ether oxygens (including phenoxy) is 1. The van der Waals surface area contributed by atoms with E-state index in [0.29, 0.717) is 16.0 Å². The fourth-order valence-corrected chi connectivity index (χ4v) is 2.85. The topological polar surface area (TPSA) is 55.0 Å². The molecular formula is C16H19BrN2O2. The van der Waals surface area contributed by atoms with Gasteiger partial charge in [-0.25, -0.2) is 4.98 Å². The first kappa shape index (κ1) is 15.9. The number of nitrogens with zero attached hydrogens (tertiary/aromatic N) is 1. The van der Waals surface area contributed by atoms with Crippen LogP contribution in [0.15, 0.2) is 39.6 Å². The van der Waals surface area contributed by atoms with E-state index in [2.05, 4.69) is 25.9 Å². The fraction of sp³-hybridized carbons (Fsp3) is 0.375. The summed E-state index contributed by atoms with van der Waals surface area (Å²) in [6.45, 7) is 4.05. The summed E-state index contributed by atoms with van der Waals surface area (Å²) >= 11 is 3.34. The predicted octanol–water partition coefficient (Wildman–Crippen LogP) is 3.86. The summed E-state index contributed by atoms with van der Waals surface area (Å²) in [4.78, 5) is 19.7. The van der Waals surface area contributed by atoms with E-state index in [1.807, 2.05) is 44.2 Å². The molecule has 21 heavy (non-hydrogen) atoms. The Bertz CT molecular complexity index is 655. The molecule has 0 amide bonds. The van der Waals surface area contributed by atoms with Crippen LogP contribution in [0.2, 0.25) is 0 Å². The molecule has 2 aromatic rings. The molecule has 0 bridgehead atoms. The Balaban J connectivity index is 2.67. The van der Waals surface area contributed by atoms with Crippen molar-refractivity contribution in [2.45, 2.75) is 32.3 Å². The lowest BCUT2D eigenvalue weighted by Gasteiger charge is -2.29.